The summed E-state index contributed by atoms with van der Waals surface area (Å²) in [5, 5.41) is 0.746. The van der Waals surface area contributed by atoms with Crippen LogP contribution in [-0.2, 0) is 22.6 Å². The minimum Gasteiger partial charge on any atom is -0.314 e. The molecule has 0 spiro atoms. The van der Waals surface area contributed by atoms with Gasteiger partial charge in [0.25, 0.3) is 0 Å². The van der Waals surface area contributed by atoms with E-state index < -0.39 is 40.4 Å². The van der Waals surface area contributed by atoms with Gasteiger partial charge in [-0.1, -0.05) is 30.3 Å². The number of anilines is 1. The standard InChI is InChI=1S/C29H24F6N2O/c1-17-8-5-6-9-21(17)25-22-10-7-13-36-23(22)11-12-24(25)37(4)26(38)27(2,3)18-14-19(28(30,31)32)16-20(15-18)29(33,34)35/h5-16H,1-4H3. The third-order valence-corrected chi connectivity index (χ3v) is 6.69. The number of hydrogen-bond acceptors (Lipinski definition) is 2. The molecule has 9 heteroatoms. The second-order valence-corrected chi connectivity index (χ2v) is 9.63. The molecular formula is C29H24F6N2O. The van der Waals surface area contributed by atoms with Crippen molar-refractivity contribution in [1.29, 1.82) is 0 Å². The number of benzene rings is 3. The summed E-state index contributed by atoms with van der Waals surface area (Å²) in [6.45, 7) is 4.54. The van der Waals surface area contributed by atoms with Crippen LogP contribution >= 0.6 is 0 Å². The van der Waals surface area contributed by atoms with E-state index in [1.54, 1.807) is 24.4 Å². The third kappa shape index (κ3) is 4.97. The number of aromatic nitrogens is 1. The maximum absolute atomic E-state index is 13.8. The van der Waals surface area contributed by atoms with E-state index in [1.807, 2.05) is 37.3 Å². The summed E-state index contributed by atoms with van der Waals surface area (Å²) in [6.07, 6.45) is -8.41. The van der Waals surface area contributed by atoms with Gasteiger partial charge in [-0.2, -0.15) is 26.3 Å². The van der Waals surface area contributed by atoms with E-state index in [0.29, 0.717) is 28.9 Å². The first-order valence-corrected chi connectivity index (χ1v) is 11.6. The van der Waals surface area contributed by atoms with Crippen molar-refractivity contribution in [1.82, 2.24) is 4.98 Å². The van der Waals surface area contributed by atoms with E-state index in [-0.39, 0.29) is 6.07 Å². The van der Waals surface area contributed by atoms with E-state index in [2.05, 4.69) is 4.98 Å². The van der Waals surface area contributed by atoms with Crippen molar-refractivity contribution >= 4 is 22.5 Å². The van der Waals surface area contributed by atoms with Gasteiger partial charge in [0.15, 0.2) is 0 Å². The number of nitrogens with zero attached hydrogens (tertiary/aromatic N) is 2. The van der Waals surface area contributed by atoms with Crippen LogP contribution in [0, 0.1) is 6.92 Å². The van der Waals surface area contributed by atoms with Crippen molar-refractivity contribution in [2.75, 3.05) is 11.9 Å². The molecular weight excluding hydrogens is 506 g/mol. The molecule has 38 heavy (non-hydrogen) atoms. The molecule has 0 radical (unpaired) electrons. The lowest BCUT2D eigenvalue weighted by Gasteiger charge is -2.32. The molecule has 3 nitrogen and oxygen atoms in total. The maximum Gasteiger partial charge on any atom is 0.416 e. The summed E-state index contributed by atoms with van der Waals surface area (Å²) in [5.41, 5.74) is -1.54. The van der Waals surface area contributed by atoms with E-state index in [0.717, 1.165) is 16.5 Å². The normalized spacial score (nSPS) is 12.6. The van der Waals surface area contributed by atoms with Gasteiger partial charge in [0.1, 0.15) is 0 Å². The van der Waals surface area contributed by atoms with Crippen LogP contribution in [0.1, 0.15) is 36.1 Å². The number of aryl methyl sites for hydroxylation is 1. The average Bonchev–Trinajstić information content (AvgIpc) is 2.86. The Hall–Kier alpha value is -3.88. The number of rotatable bonds is 4. The zero-order chi connectivity index (χ0) is 28.0. The monoisotopic (exact) mass is 530 g/mol. The van der Waals surface area contributed by atoms with Crippen LogP contribution in [0.25, 0.3) is 22.0 Å². The Balaban J connectivity index is 1.89. The highest BCUT2D eigenvalue weighted by Crippen LogP contribution is 2.42. The number of hydrogen-bond donors (Lipinski definition) is 0. The Kier molecular flexibility index (Phi) is 6.76. The van der Waals surface area contributed by atoms with Crippen molar-refractivity contribution in [3.05, 3.63) is 95.2 Å². The quantitative estimate of drug-likeness (QED) is 0.249. The highest BCUT2D eigenvalue weighted by molar-refractivity contribution is 6.09. The minimum atomic E-state index is -5.02. The predicted molar refractivity (Wildman–Crippen MR) is 135 cm³/mol. The highest BCUT2D eigenvalue weighted by Gasteiger charge is 2.41. The summed E-state index contributed by atoms with van der Waals surface area (Å²) in [4.78, 5) is 19.5. The van der Waals surface area contributed by atoms with Gasteiger partial charge in [-0.05, 0) is 73.9 Å². The summed E-state index contributed by atoms with van der Waals surface area (Å²) in [5.74, 6) is -0.678. The molecule has 0 N–H and O–H groups in total. The van der Waals surface area contributed by atoms with Crippen LogP contribution in [0.4, 0.5) is 32.0 Å². The Bertz CT molecular complexity index is 1490. The fourth-order valence-electron chi connectivity index (χ4n) is 4.52. The molecule has 0 saturated carbocycles. The topological polar surface area (TPSA) is 33.2 Å². The first-order chi connectivity index (χ1) is 17.6. The Labute approximate surface area is 215 Å². The van der Waals surface area contributed by atoms with Crippen LogP contribution in [0.2, 0.25) is 0 Å². The van der Waals surface area contributed by atoms with Crippen LogP contribution in [-0.4, -0.2) is 17.9 Å². The van der Waals surface area contributed by atoms with Crippen molar-refractivity contribution in [3.63, 3.8) is 0 Å². The average molecular weight is 531 g/mol. The predicted octanol–water partition coefficient (Wildman–Crippen LogP) is 8.19. The second-order valence-electron chi connectivity index (χ2n) is 9.63. The van der Waals surface area contributed by atoms with Gasteiger partial charge in [0.2, 0.25) is 5.91 Å². The summed E-state index contributed by atoms with van der Waals surface area (Å²) < 4.78 is 81.0. The van der Waals surface area contributed by atoms with Crippen molar-refractivity contribution < 1.29 is 31.1 Å². The second kappa shape index (κ2) is 9.45. The SMILES string of the molecule is Cc1ccccc1-c1c(N(C)C(=O)C(C)(C)c2cc(C(F)(F)F)cc(C(F)(F)F)c2)ccc2ncccc12. The number of amides is 1. The van der Waals surface area contributed by atoms with Crippen molar-refractivity contribution in [2.45, 2.75) is 38.5 Å². The maximum atomic E-state index is 13.8. The largest absolute Gasteiger partial charge is 0.416 e. The molecule has 1 heterocycles. The molecule has 4 aromatic rings. The van der Waals surface area contributed by atoms with Gasteiger partial charge in [-0.3, -0.25) is 9.78 Å². The van der Waals surface area contributed by atoms with E-state index in [1.165, 1.54) is 25.8 Å². The molecule has 198 valence electrons. The van der Waals surface area contributed by atoms with E-state index >= 15 is 0 Å². The van der Waals surface area contributed by atoms with Crippen molar-refractivity contribution in [2.24, 2.45) is 0 Å². The molecule has 1 amide bonds. The minimum absolute atomic E-state index is 0.0559. The van der Waals surface area contributed by atoms with Gasteiger partial charge >= 0.3 is 12.4 Å². The lowest BCUT2D eigenvalue weighted by atomic mass is 9.81. The molecule has 3 aromatic carbocycles. The zero-order valence-electron chi connectivity index (χ0n) is 21.0. The smallest absolute Gasteiger partial charge is 0.314 e. The number of likely N-dealkylation sites (N-methyl/N-ethyl adjacent to an activating group) is 1. The van der Waals surface area contributed by atoms with Gasteiger partial charge in [0, 0.05) is 24.2 Å². The van der Waals surface area contributed by atoms with E-state index in [9.17, 15) is 31.1 Å². The van der Waals surface area contributed by atoms with Gasteiger partial charge in [-0.25, -0.2) is 0 Å². The van der Waals surface area contributed by atoms with Crippen LogP contribution in [0.15, 0.2) is 72.9 Å². The fraction of sp³-hybridized carbons (Fsp3) is 0.241. The number of pyridine rings is 1. The Morgan fingerprint density at radius 3 is 1.95 bits per heavy atom. The molecule has 0 saturated heterocycles. The summed E-state index contributed by atoms with van der Waals surface area (Å²) in [6, 6.07) is 15.8. The number of carbonyl (C=O) groups is 1. The molecule has 4 rings (SSSR count). The highest BCUT2D eigenvalue weighted by atomic mass is 19.4. The molecule has 0 unspecified atom stereocenters. The number of alkyl halides is 6. The number of halogens is 6. The lowest BCUT2D eigenvalue weighted by molar-refractivity contribution is -0.143. The zero-order valence-corrected chi connectivity index (χ0v) is 21.0. The molecule has 1 aromatic heterocycles. The molecule has 0 fully saturated rings. The van der Waals surface area contributed by atoms with Gasteiger partial charge in [-0.15, -0.1) is 0 Å². The Morgan fingerprint density at radius 1 is 0.789 bits per heavy atom. The molecule has 0 bridgehead atoms. The molecule has 0 aliphatic heterocycles. The number of fused-ring (bicyclic) bond motifs is 1. The van der Waals surface area contributed by atoms with Crippen LogP contribution < -0.4 is 4.90 Å². The van der Waals surface area contributed by atoms with Crippen LogP contribution in [0.3, 0.4) is 0 Å². The summed E-state index contributed by atoms with van der Waals surface area (Å²) in [7, 11) is 1.46. The lowest BCUT2D eigenvalue weighted by Crippen LogP contribution is -2.42. The molecule has 0 atom stereocenters. The van der Waals surface area contributed by atoms with Gasteiger partial charge < -0.3 is 4.90 Å². The Morgan fingerprint density at radius 2 is 1.37 bits per heavy atom. The van der Waals surface area contributed by atoms with Gasteiger partial charge in [0.05, 0.1) is 27.7 Å². The molecule has 0 aliphatic carbocycles. The first-order valence-electron chi connectivity index (χ1n) is 11.6. The summed E-state index contributed by atoms with van der Waals surface area (Å²) >= 11 is 0. The van der Waals surface area contributed by atoms with E-state index in [4.69, 9.17) is 0 Å². The molecule has 0 aliphatic rings. The first kappa shape index (κ1) is 27.2. The van der Waals surface area contributed by atoms with Crippen molar-refractivity contribution in [3.8, 4) is 11.1 Å². The fourth-order valence-corrected chi connectivity index (χ4v) is 4.52. The number of carbonyl (C=O) groups excluding carboxylic acids is 1. The third-order valence-electron chi connectivity index (χ3n) is 6.69. The van der Waals surface area contributed by atoms with Crippen LogP contribution in [0.5, 0.6) is 0 Å².